The zero-order chi connectivity index (χ0) is 18.8. The Bertz CT molecular complexity index is 954. The second-order valence-electron chi connectivity index (χ2n) is 5.39. The number of esters is 1. The topological polar surface area (TPSA) is 89.5 Å². The third-order valence-corrected chi connectivity index (χ3v) is 4.96. The molecule has 0 atom stereocenters. The Kier molecular flexibility index (Phi) is 5.49. The number of carbonyl (C=O) groups is 2. The van der Waals surface area contributed by atoms with E-state index < -0.39 is 21.7 Å². The maximum absolute atomic E-state index is 12.5. The van der Waals surface area contributed by atoms with Crippen LogP contribution in [-0.4, -0.2) is 33.7 Å². The Labute approximate surface area is 150 Å². The molecule has 0 spiro atoms. The summed E-state index contributed by atoms with van der Waals surface area (Å²) in [5.74, 6) is -1.12. The van der Waals surface area contributed by atoms with E-state index in [1.165, 1.54) is 31.4 Å². The highest BCUT2D eigenvalue weighted by molar-refractivity contribution is 7.90. The van der Waals surface area contributed by atoms with Gasteiger partial charge in [0.05, 0.1) is 28.2 Å². The molecule has 0 bridgehead atoms. The van der Waals surface area contributed by atoms with Gasteiger partial charge in [-0.25, -0.2) is 13.2 Å². The number of halogens is 1. The van der Waals surface area contributed by atoms with Crippen LogP contribution in [-0.2, 0) is 14.6 Å². The van der Waals surface area contributed by atoms with Crippen molar-refractivity contribution in [3.63, 3.8) is 0 Å². The number of nitrogens with one attached hydrogen (secondary N) is 1. The minimum atomic E-state index is -3.48. The van der Waals surface area contributed by atoms with Gasteiger partial charge in [-0.15, -0.1) is 0 Å². The number of rotatable bonds is 4. The largest absolute Gasteiger partial charge is 0.465 e. The summed E-state index contributed by atoms with van der Waals surface area (Å²) in [5.41, 5.74) is 1.41. The van der Waals surface area contributed by atoms with Crippen molar-refractivity contribution < 1.29 is 22.7 Å². The SMILES string of the molecule is COC(=O)c1ccc(C)c(NC(=O)c2cc(S(C)(=O)=O)ccc2Cl)c1. The molecule has 1 amide bonds. The molecule has 0 aliphatic rings. The highest BCUT2D eigenvalue weighted by atomic mass is 35.5. The normalized spacial score (nSPS) is 11.0. The van der Waals surface area contributed by atoms with E-state index in [4.69, 9.17) is 11.6 Å². The fourth-order valence-corrected chi connectivity index (χ4v) is 2.95. The van der Waals surface area contributed by atoms with Crippen molar-refractivity contribution in [1.82, 2.24) is 0 Å². The Morgan fingerprint density at radius 3 is 2.40 bits per heavy atom. The van der Waals surface area contributed by atoms with Crippen LogP contribution in [0.4, 0.5) is 5.69 Å². The molecule has 1 N–H and O–H groups in total. The first kappa shape index (κ1) is 19.0. The molecule has 0 fully saturated rings. The van der Waals surface area contributed by atoms with E-state index in [-0.39, 0.29) is 21.0 Å². The van der Waals surface area contributed by atoms with Crippen molar-refractivity contribution in [1.29, 1.82) is 0 Å². The number of methoxy groups -OCH3 is 1. The van der Waals surface area contributed by atoms with E-state index >= 15 is 0 Å². The zero-order valence-corrected chi connectivity index (χ0v) is 15.4. The van der Waals surface area contributed by atoms with Crippen LogP contribution in [0.15, 0.2) is 41.3 Å². The summed E-state index contributed by atoms with van der Waals surface area (Å²) < 4.78 is 28.0. The summed E-state index contributed by atoms with van der Waals surface area (Å²) in [6.45, 7) is 1.76. The fraction of sp³-hybridized carbons (Fsp3) is 0.176. The number of ether oxygens (including phenoxy) is 1. The maximum Gasteiger partial charge on any atom is 0.337 e. The third kappa shape index (κ3) is 4.37. The average molecular weight is 382 g/mol. The number of hydrogen-bond donors (Lipinski definition) is 1. The summed E-state index contributed by atoms with van der Waals surface area (Å²) in [5, 5.41) is 2.76. The molecule has 0 heterocycles. The summed E-state index contributed by atoms with van der Waals surface area (Å²) in [6.07, 6.45) is 1.04. The quantitative estimate of drug-likeness (QED) is 0.822. The molecule has 0 saturated heterocycles. The predicted molar refractivity (Wildman–Crippen MR) is 95.0 cm³/mol. The molecule has 0 aromatic heterocycles. The molecule has 8 heteroatoms. The smallest absolute Gasteiger partial charge is 0.337 e. The number of anilines is 1. The lowest BCUT2D eigenvalue weighted by molar-refractivity contribution is 0.0600. The summed E-state index contributed by atoms with van der Waals surface area (Å²) in [7, 11) is -2.22. The van der Waals surface area contributed by atoms with E-state index in [1.807, 2.05) is 0 Å². The van der Waals surface area contributed by atoms with Gasteiger partial charge in [-0.2, -0.15) is 0 Å². The molecule has 2 aromatic carbocycles. The number of hydrogen-bond acceptors (Lipinski definition) is 5. The van der Waals surface area contributed by atoms with Gasteiger partial charge in [-0.3, -0.25) is 4.79 Å². The summed E-state index contributed by atoms with van der Waals surface area (Å²) in [6, 6.07) is 8.62. The van der Waals surface area contributed by atoms with Crippen molar-refractivity contribution in [2.75, 3.05) is 18.7 Å². The molecule has 0 aliphatic carbocycles. The molecule has 6 nitrogen and oxygen atoms in total. The van der Waals surface area contributed by atoms with Gasteiger partial charge in [0.1, 0.15) is 0 Å². The molecule has 0 radical (unpaired) electrons. The van der Waals surface area contributed by atoms with Crippen molar-refractivity contribution in [3.8, 4) is 0 Å². The first-order valence-corrected chi connectivity index (χ1v) is 9.40. The lowest BCUT2D eigenvalue weighted by atomic mass is 10.1. The molecule has 2 rings (SSSR count). The lowest BCUT2D eigenvalue weighted by Crippen LogP contribution is -2.15. The predicted octanol–water partition coefficient (Wildman–Crippen LogP) is 3.09. The fourth-order valence-electron chi connectivity index (χ4n) is 2.10. The molecule has 25 heavy (non-hydrogen) atoms. The van der Waals surface area contributed by atoms with Crippen molar-refractivity contribution >= 4 is 39.0 Å². The minimum Gasteiger partial charge on any atom is -0.465 e. The Hall–Kier alpha value is -2.38. The van der Waals surface area contributed by atoms with Crippen LogP contribution >= 0.6 is 11.6 Å². The first-order valence-electron chi connectivity index (χ1n) is 7.13. The van der Waals surface area contributed by atoms with E-state index in [2.05, 4.69) is 10.1 Å². The molecule has 0 aliphatic heterocycles. The second kappa shape index (κ2) is 7.25. The van der Waals surface area contributed by atoms with Crippen LogP contribution < -0.4 is 5.32 Å². The van der Waals surface area contributed by atoms with Crippen LogP contribution in [0.2, 0.25) is 5.02 Å². The van der Waals surface area contributed by atoms with Crippen LogP contribution in [0.1, 0.15) is 26.3 Å². The summed E-state index contributed by atoms with van der Waals surface area (Å²) >= 11 is 6.02. The minimum absolute atomic E-state index is 0.0120. The number of benzene rings is 2. The van der Waals surface area contributed by atoms with Crippen LogP contribution in [0.5, 0.6) is 0 Å². The van der Waals surface area contributed by atoms with E-state index in [1.54, 1.807) is 19.1 Å². The van der Waals surface area contributed by atoms with Gasteiger partial charge >= 0.3 is 5.97 Å². The molecule has 0 unspecified atom stereocenters. The lowest BCUT2D eigenvalue weighted by Gasteiger charge is -2.11. The zero-order valence-electron chi connectivity index (χ0n) is 13.8. The number of aryl methyl sites for hydroxylation is 1. The van der Waals surface area contributed by atoms with Crippen molar-refractivity contribution in [3.05, 3.63) is 58.1 Å². The number of sulfone groups is 1. The van der Waals surface area contributed by atoms with Crippen LogP contribution in [0.3, 0.4) is 0 Å². The molecular formula is C17H16ClNO5S. The summed E-state index contributed by atoms with van der Waals surface area (Å²) in [4.78, 5) is 24.1. The van der Waals surface area contributed by atoms with E-state index in [0.29, 0.717) is 5.69 Å². The van der Waals surface area contributed by atoms with Gasteiger partial charge < -0.3 is 10.1 Å². The second-order valence-corrected chi connectivity index (χ2v) is 7.81. The van der Waals surface area contributed by atoms with Gasteiger partial charge in [-0.1, -0.05) is 17.7 Å². The Morgan fingerprint density at radius 2 is 1.80 bits per heavy atom. The molecule has 132 valence electrons. The van der Waals surface area contributed by atoms with E-state index in [9.17, 15) is 18.0 Å². The van der Waals surface area contributed by atoms with Gasteiger partial charge in [0.15, 0.2) is 9.84 Å². The van der Waals surface area contributed by atoms with Crippen molar-refractivity contribution in [2.45, 2.75) is 11.8 Å². The average Bonchev–Trinajstić information content (AvgIpc) is 2.55. The first-order chi connectivity index (χ1) is 11.6. The Morgan fingerprint density at radius 1 is 1.12 bits per heavy atom. The molecular weight excluding hydrogens is 366 g/mol. The highest BCUT2D eigenvalue weighted by Crippen LogP contribution is 2.23. The van der Waals surface area contributed by atoms with Crippen molar-refractivity contribution in [2.24, 2.45) is 0 Å². The Balaban J connectivity index is 2.39. The van der Waals surface area contributed by atoms with Gasteiger partial charge in [0.25, 0.3) is 5.91 Å². The van der Waals surface area contributed by atoms with Crippen LogP contribution in [0.25, 0.3) is 0 Å². The third-order valence-electron chi connectivity index (χ3n) is 3.52. The van der Waals surface area contributed by atoms with Gasteiger partial charge in [0, 0.05) is 11.9 Å². The van der Waals surface area contributed by atoms with Crippen LogP contribution in [0, 0.1) is 6.92 Å². The van der Waals surface area contributed by atoms with Gasteiger partial charge in [0.2, 0.25) is 0 Å². The number of amides is 1. The number of carbonyl (C=O) groups excluding carboxylic acids is 2. The van der Waals surface area contributed by atoms with Gasteiger partial charge in [-0.05, 0) is 42.8 Å². The molecule has 2 aromatic rings. The highest BCUT2D eigenvalue weighted by Gasteiger charge is 2.17. The molecule has 0 saturated carbocycles. The maximum atomic E-state index is 12.5. The standard InChI is InChI=1S/C17H16ClNO5S/c1-10-4-5-11(17(21)24-2)8-15(10)19-16(20)13-9-12(25(3,22)23)6-7-14(13)18/h4-9H,1-3H3,(H,19,20). The monoisotopic (exact) mass is 381 g/mol. The van der Waals surface area contributed by atoms with E-state index in [0.717, 1.165) is 11.8 Å².